The summed E-state index contributed by atoms with van der Waals surface area (Å²) in [7, 11) is 0. The van der Waals surface area contributed by atoms with Gasteiger partial charge >= 0.3 is 0 Å². The van der Waals surface area contributed by atoms with Gasteiger partial charge in [0.15, 0.2) is 0 Å². The molecule has 0 aliphatic carbocycles. The molecule has 96 valence electrons. The maximum atomic E-state index is 5.82. The fourth-order valence-electron chi connectivity index (χ4n) is 1.30. The van der Waals surface area contributed by atoms with E-state index in [0.29, 0.717) is 19.1 Å². The van der Waals surface area contributed by atoms with Gasteiger partial charge in [-0.3, -0.25) is 4.98 Å². The van der Waals surface area contributed by atoms with Gasteiger partial charge in [0.2, 0.25) is 0 Å². The second-order valence-electron chi connectivity index (χ2n) is 4.88. The average Bonchev–Trinajstić information content (AvgIpc) is 2.23. The highest BCUT2D eigenvalue weighted by molar-refractivity contribution is 6.17. The lowest BCUT2D eigenvalue weighted by Gasteiger charge is -2.19. The van der Waals surface area contributed by atoms with Crippen molar-refractivity contribution in [1.29, 1.82) is 0 Å². The molecule has 3 nitrogen and oxygen atoms in total. The Morgan fingerprint density at radius 3 is 2.59 bits per heavy atom. The molecule has 17 heavy (non-hydrogen) atoms. The Morgan fingerprint density at radius 1 is 1.29 bits per heavy atom. The number of ether oxygens (including phenoxy) is 2. The third-order valence-corrected chi connectivity index (χ3v) is 2.39. The predicted octanol–water partition coefficient (Wildman–Crippen LogP) is 3.32. The largest absolute Gasteiger partial charge is 0.491 e. The van der Waals surface area contributed by atoms with E-state index in [1.807, 2.05) is 33.8 Å². The van der Waals surface area contributed by atoms with Crippen LogP contribution in [0.5, 0.6) is 5.75 Å². The predicted molar refractivity (Wildman–Crippen MR) is 69.7 cm³/mol. The molecule has 0 saturated carbocycles. The number of rotatable bonds is 5. The topological polar surface area (TPSA) is 31.4 Å². The number of aryl methyl sites for hydroxylation is 1. The number of aromatic nitrogens is 1. The first-order valence-electron chi connectivity index (χ1n) is 5.70. The van der Waals surface area contributed by atoms with E-state index in [9.17, 15) is 0 Å². The zero-order valence-electron chi connectivity index (χ0n) is 10.9. The van der Waals surface area contributed by atoms with E-state index in [4.69, 9.17) is 21.1 Å². The standard InChI is InChI=1S/C13H20ClNO2/c1-10-7-12(11(8-14)9-15-10)16-5-6-17-13(2,3)4/h7,9H,5-6,8H2,1-4H3. The highest BCUT2D eigenvalue weighted by atomic mass is 35.5. The molecule has 0 aliphatic rings. The molecule has 1 heterocycles. The summed E-state index contributed by atoms with van der Waals surface area (Å²) in [5.41, 5.74) is 1.70. The van der Waals surface area contributed by atoms with Gasteiger partial charge in [-0.1, -0.05) is 0 Å². The molecule has 0 spiro atoms. The van der Waals surface area contributed by atoms with Crippen LogP contribution in [0.3, 0.4) is 0 Å². The lowest BCUT2D eigenvalue weighted by atomic mass is 10.2. The molecule has 0 aliphatic heterocycles. The number of pyridine rings is 1. The number of alkyl halides is 1. The van der Waals surface area contributed by atoms with Crippen molar-refractivity contribution >= 4 is 11.6 Å². The molecule has 0 N–H and O–H groups in total. The van der Waals surface area contributed by atoms with Crippen LogP contribution in [0.25, 0.3) is 0 Å². The molecule has 0 fully saturated rings. The molecule has 1 aromatic heterocycles. The normalized spacial score (nSPS) is 11.6. The summed E-state index contributed by atoms with van der Waals surface area (Å²) in [6.07, 6.45) is 1.75. The van der Waals surface area contributed by atoms with Gasteiger partial charge in [0.05, 0.1) is 18.1 Å². The summed E-state index contributed by atoms with van der Waals surface area (Å²) in [5.74, 6) is 1.20. The Labute approximate surface area is 108 Å². The van der Waals surface area contributed by atoms with Crippen molar-refractivity contribution in [3.8, 4) is 5.75 Å². The van der Waals surface area contributed by atoms with Crippen molar-refractivity contribution in [3.63, 3.8) is 0 Å². The maximum Gasteiger partial charge on any atom is 0.127 e. The summed E-state index contributed by atoms with van der Waals surface area (Å²) in [6, 6.07) is 1.90. The van der Waals surface area contributed by atoms with E-state index < -0.39 is 0 Å². The zero-order valence-corrected chi connectivity index (χ0v) is 11.7. The van der Waals surface area contributed by atoms with E-state index >= 15 is 0 Å². The Kier molecular flexibility index (Phi) is 5.22. The van der Waals surface area contributed by atoms with Crippen molar-refractivity contribution in [2.24, 2.45) is 0 Å². The minimum absolute atomic E-state index is 0.132. The van der Waals surface area contributed by atoms with Crippen LogP contribution < -0.4 is 4.74 Å². The van der Waals surface area contributed by atoms with Crippen LogP contribution in [0.1, 0.15) is 32.0 Å². The Morgan fingerprint density at radius 2 is 2.00 bits per heavy atom. The Balaban J connectivity index is 2.48. The number of halogens is 1. The monoisotopic (exact) mass is 257 g/mol. The van der Waals surface area contributed by atoms with Crippen LogP contribution in [-0.4, -0.2) is 23.8 Å². The first-order chi connectivity index (χ1) is 7.92. The highest BCUT2D eigenvalue weighted by Gasteiger charge is 2.10. The van der Waals surface area contributed by atoms with E-state index in [1.54, 1.807) is 6.20 Å². The minimum Gasteiger partial charge on any atom is -0.491 e. The molecule has 4 heteroatoms. The molecule has 0 unspecified atom stereocenters. The van der Waals surface area contributed by atoms with Gasteiger partial charge < -0.3 is 9.47 Å². The van der Waals surface area contributed by atoms with Gasteiger partial charge in [-0.25, -0.2) is 0 Å². The second-order valence-corrected chi connectivity index (χ2v) is 5.14. The third kappa shape index (κ3) is 5.37. The van der Waals surface area contributed by atoms with Crippen LogP contribution in [0.15, 0.2) is 12.3 Å². The first-order valence-corrected chi connectivity index (χ1v) is 6.24. The minimum atomic E-state index is -0.132. The van der Waals surface area contributed by atoms with Gasteiger partial charge in [0.1, 0.15) is 12.4 Å². The highest BCUT2D eigenvalue weighted by Crippen LogP contribution is 2.20. The van der Waals surface area contributed by atoms with Gasteiger partial charge in [0, 0.05) is 23.5 Å². The molecule has 1 aromatic rings. The molecule has 0 amide bonds. The molecule has 0 atom stereocenters. The van der Waals surface area contributed by atoms with Crippen LogP contribution >= 0.6 is 11.6 Å². The fourth-order valence-corrected chi connectivity index (χ4v) is 1.50. The lowest BCUT2D eigenvalue weighted by Crippen LogP contribution is -2.22. The van der Waals surface area contributed by atoms with Gasteiger partial charge in [-0.05, 0) is 27.7 Å². The van der Waals surface area contributed by atoms with Crippen molar-refractivity contribution in [1.82, 2.24) is 4.98 Å². The maximum absolute atomic E-state index is 5.82. The summed E-state index contributed by atoms with van der Waals surface area (Å²) >= 11 is 5.82. The van der Waals surface area contributed by atoms with E-state index in [0.717, 1.165) is 17.0 Å². The summed E-state index contributed by atoms with van der Waals surface area (Å²) < 4.78 is 11.2. The van der Waals surface area contributed by atoms with E-state index in [2.05, 4.69) is 4.98 Å². The van der Waals surface area contributed by atoms with Crippen molar-refractivity contribution < 1.29 is 9.47 Å². The number of hydrogen-bond donors (Lipinski definition) is 0. The molecule has 1 rings (SSSR count). The van der Waals surface area contributed by atoms with Gasteiger partial charge in [-0.2, -0.15) is 0 Å². The molecule has 0 bridgehead atoms. The molecule has 0 saturated heterocycles. The van der Waals surface area contributed by atoms with Crippen molar-refractivity contribution in [2.45, 2.75) is 39.2 Å². The average molecular weight is 258 g/mol. The van der Waals surface area contributed by atoms with Crippen LogP contribution in [0, 0.1) is 6.92 Å². The van der Waals surface area contributed by atoms with E-state index in [1.165, 1.54) is 0 Å². The van der Waals surface area contributed by atoms with Crippen LogP contribution in [0.2, 0.25) is 0 Å². The number of nitrogens with zero attached hydrogens (tertiary/aromatic N) is 1. The lowest BCUT2D eigenvalue weighted by molar-refractivity contribution is -0.0163. The van der Waals surface area contributed by atoms with Crippen molar-refractivity contribution in [2.75, 3.05) is 13.2 Å². The van der Waals surface area contributed by atoms with Gasteiger partial charge in [0.25, 0.3) is 0 Å². The second kappa shape index (κ2) is 6.22. The molecule has 0 radical (unpaired) electrons. The van der Waals surface area contributed by atoms with Crippen LogP contribution in [0.4, 0.5) is 0 Å². The summed E-state index contributed by atoms with van der Waals surface area (Å²) in [4.78, 5) is 4.18. The quantitative estimate of drug-likeness (QED) is 0.599. The number of hydrogen-bond acceptors (Lipinski definition) is 3. The van der Waals surface area contributed by atoms with Crippen LogP contribution in [-0.2, 0) is 10.6 Å². The first kappa shape index (κ1) is 14.3. The molecule has 0 aromatic carbocycles. The third-order valence-electron chi connectivity index (χ3n) is 2.10. The SMILES string of the molecule is Cc1cc(OCCOC(C)(C)C)c(CCl)cn1. The molecular weight excluding hydrogens is 238 g/mol. The zero-order chi connectivity index (χ0) is 12.9. The Hall–Kier alpha value is -0.800. The summed E-state index contributed by atoms with van der Waals surface area (Å²) in [5, 5.41) is 0. The van der Waals surface area contributed by atoms with Gasteiger partial charge in [-0.15, -0.1) is 11.6 Å². The molecular formula is C13H20ClNO2. The smallest absolute Gasteiger partial charge is 0.127 e. The van der Waals surface area contributed by atoms with Crippen molar-refractivity contribution in [3.05, 3.63) is 23.5 Å². The summed E-state index contributed by atoms with van der Waals surface area (Å²) in [6.45, 7) is 9.07. The Bertz CT molecular complexity index is 361. The fraction of sp³-hybridized carbons (Fsp3) is 0.615. The van der Waals surface area contributed by atoms with E-state index in [-0.39, 0.29) is 5.60 Å².